The number of nitrogens with one attached hydrogen (secondary N) is 1. The highest BCUT2D eigenvalue weighted by Gasteiger charge is 2.28. The van der Waals surface area contributed by atoms with Crippen LogP contribution in [0, 0.1) is 0 Å². The van der Waals surface area contributed by atoms with Crippen molar-refractivity contribution in [3.05, 3.63) is 22.5 Å². The molecule has 0 radical (unpaired) electrons. The van der Waals surface area contributed by atoms with Crippen molar-refractivity contribution in [1.29, 1.82) is 0 Å². The average molecular weight is 418 g/mol. The molecule has 6 nitrogen and oxygen atoms in total. The van der Waals surface area contributed by atoms with E-state index >= 15 is 0 Å². The van der Waals surface area contributed by atoms with Crippen molar-refractivity contribution in [3.63, 3.8) is 0 Å². The first-order chi connectivity index (χ1) is 12.9. The van der Waals surface area contributed by atoms with Gasteiger partial charge in [-0.1, -0.05) is 26.8 Å². The van der Waals surface area contributed by atoms with Crippen LogP contribution in [0.4, 0.5) is 4.79 Å². The van der Waals surface area contributed by atoms with Gasteiger partial charge in [-0.15, -0.1) is 0 Å². The molecule has 0 spiro atoms. The zero-order chi connectivity index (χ0) is 22.0. The van der Waals surface area contributed by atoms with E-state index in [1.807, 2.05) is 0 Å². The monoisotopic (exact) mass is 417 g/mol. The summed E-state index contributed by atoms with van der Waals surface area (Å²) in [6.45, 7) is 15.5. The molecule has 1 amide bonds. The molecule has 0 aliphatic carbocycles. The number of rotatable bonds is 11. The zero-order valence-corrected chi connectivity index (χ0v) is 19.4. The van der Waals surface area contributed by atoms with E-state index in [4.69, 9.17) is 9.47 Å². The Bertz CT molecular complexity index is 568. The SMILES string of the molecule is C=C(C(CCNC(=O)OC(C)(C)C)OC(C)=O)S(C)(/C=C(/CO)CCC)CC. The smallest absolute Gasteiger partial charge is 0.407 e. The summed E-state index contributed by atoms with van der Waals surface area (Å²) in [5.74, 6) is 0.442. The third-order valence-corrected chi connectivity index (χ3v) is 7.66. The molecule has 0 aliphatic heterocycles. The van der Waals surface area contributed by atoms with Crippen molar-refractivity contribution >= 4 is 22.1 Å². The van der Waals surface area contributed by atoms with E-state index in [1.165, 1.54) is 6.92 Å². The molecular formula is C21H39NO5S. The number of carbonyl (C=O) groups is 2. The maximum Gasteiger partial charge on any atom is 0.407 e. The van der Waals surface area contributed by atoms with Gasteiger partial charge < -0.3 is 19.9 Å². The van der Waals surface area contributed by atoms with Gasteiger partial charge in [0, 0.05) is 24.8 Å². The highest BCUT2D eigenvalue weighted by atomic mass is 32.3. The number of hydrogen-bond acceptors (Lipinski definition) is 5. The lowest BCUT2D eigenvalue weighted by Crippen LogP contribution is -2.35. The number of aliphatic hydroxyl groups is 1. The van der Waals surface area contributed by atoms with Crippen LogP contribution in [0.25, 0.3) is 0 Å². The van der Waals surface area contributed by atoms with E-state index in [1.54, 1.807) is 20.8 Å². The fraction of sp³-hybridized carbons (Fsp3) is 0.714. The second-order valence-corrected chi connectivity index (χ2v) is 11.6. The molecule has 7 heteroatoms. The molecule has 0 saturated carbocycles. The summed E-state index contributed by atoms with van der Waals surface area (Å²) < 4.78 is 10.7. The molecule has 0 heterocycles. The number of amides is 1. The summed E-state index contributed by atoms with van der Waals surface area (Å²) in [7, 11) is -1.45. The fourth-order valence-corrected chi connectivity index (χ4v) is 5.00. The molecule has 2 unspecified atom stereocenters. The molecule has 0 fully saturated rings. The van der Waals surface area contributed by atoms with Gasteiger partial charge in [0.2, 0.25) is 0 Å². The number of esters is 1. The summed E-state index contributed by atoms with van der Waals surface area (Å²) in [5.41, 5.74) is 0.412. The number of aliphatic hydroxyl groups excluding tert-OH is 1. The van der Waals surface area contributed by atoms with Crippen LogP contribution in [0.1, 0.15) is 60.8 Å². The quantitative estimate of drug-likeness (QED) is 0.484. The Morgan fingerprint density at radius 2 is 1.89 bits per heavy atom. The Hall–Kier alpha value is -1.47. The van der Waals surface area contributed by atoms with Crippen molar-refractivity contribution in [1.82, 2.24) is 5.32 Å². The number of carbonyl (C=O) groups excluding carboxylic acids is 2. The van der Waals surface area contributed by atoms with Crippen LogP contribution in [-0.2, 0) is 14.3 Å². The maximum absolute atomic E-state index is 11.8. The molecule has 0 saturated heterocycles. The van der Waals surface area contributed by atoms with Crippen LogP contribution in [0.5, 0.6) is 0 Å². The van der Waals surface area contributed by atoms with Crippen LogP contribution in [0.15, 0.2) is 22.5 Å². The summed E-state index contributed by atoms with van der Waals surface area (Å²) in [6.07, 6.45) is 3.28. The van der Waals surface area contributed by atoms with Crippen molar-refractivity contribution in [3.8, 4) is 0 Å². The largest absolute Gasteiger partial charge is 0.457 e. The molecule has 0 rings (SSSR count). The minimum Gasteiger partial charge on any atom is -0.457 e. The third-order valence-electron chi connectivity index (χ3n) is 4.14. The molecule has 2 N–H and O–H groups in total. The maximum atomic E-state index is 11.8. The van der Waals surface area contributed by atoms with Gasteiger partial charge in [0.25, 0.3) is 0 Å². The lowest BCUT2D eigenvalue weighted by atomic mass is 10.2. The first-order valence-corrected chi connectivity index (χ1v) is 12.0. The summed E-state index contributed by atoms with van der Waals surface area (Å²) >= 11 is 0. The molecule has 2 atom stereocenters. The second-order valence-electron chi connectivity index (χ2n) is 7.91. The van der Waals surface area contributed by atoms with E-state index in [0.717, 1.165) is 29.1 Å². The third kappa shape index (κ3) is 10.2. The normalized spacial score (nSPS) is 16.5. The predicted molar refractivity (Wildman–Crippen MR) is 118 cm³/mol. The molecule has 0 aliphatic rings. The Kier molecular flexibility index (Phi) is 11.5. The number of alkyl carbamates (subject to hydrolysis) is 1. The average Bonchev–Trinajstić information content (AvgIpc) is 2.57. The predicted octanol–water partition coefficient (Wildman–Crippen LogP) is 4.48. The number of hydrogen-bond donors (Lipinski definition) is 2. The van der Waals surface area contributed by atoms with Gasteiger partial charge in [0.15, 0.2) is 0 Å². The van der Waals surface area contributed by atoms with Crippen LogP contribution < -0.4 is 5.32 Å². The first kappa shape index (κ1) is 26.5. The van der Waals surface area contributed by atoms with E-state index in [2.05, 4.69) is 37.4 Å². The van der Waals surface area contributed by atoms with Gasteiger partial charge in [-0.2, -0.15) is 10.0 Å². The lowest BCUT2D eigenvalue weighted by molar-refractivity contribution is -0.144. The highest BCUT2D eigenvalue weighted by Crippen LogP contribution is 2.55. The Balaban J connectivity index is 5.27. The second kappa shape index (κ2) is 12.2. The van der Waals surface area contributed by atoms with E-state index in [-0.39, 0.29) is 12.6 Å². The van der Waals surface area contributed by atoms with E-state index < -0.39 is 27.8 Å². The van der Waals surface area contributed by atoms with Gasteiger partial charge in [-0.3, -0.25) is 4.79 Å². The lowest BCUT2D eigenvalue weighted by Gasteiger charge is -2.38. The van der Waals surface area contributed by atoms with E-state index in [9.17, 15) is 14.7 Å². The van der Waals surface area contributed by atoms with Crippen molar-refractivity contribution in [2.75, 3.05) is 25.2 Å². The highest BCUT2D eigenvalue weighted by molar-refractivity contribution is 8.38. The molecule has 0 aromatic rings. The van der Waals surface area contributed by atoms with Crippen molar-refractivity contribution < 1.29 is 24.2 Å². The molecule has 164 valence electrons. The Morgan fingerprint density at radius 3 is 2.32 bits per heavy atom. The topological polar surface area (TPSA) is 84.9 Å². The van der Waals surface area contributed by atoms with Gasteiger partial charge in [-0.05, 0) is 50.2 Å². The van der Waals surface area contributed by atoms with Crippen molar-refractivity contribution in [2.45, 2.75) is 72.5 Å². The molecular weight excluding hydrogens is 378 g/mol. The number of ether oxygens (including phenoxy) is 2. The first-order valence-electron chi connectivity index (χ1n) is 9.77. The summed E-state index contributed by atoms with van der Waals surface area (Å²) in [6, 6.07) is 0. The van der Waals surface area contributed by atoms with Crippen LogP contribution in [0.3, 0.4) is 0 Å². The Labute approximate surface area is 172 Å². The summed E-state index contributed by atoms with van der Waals surface area (Å²) in [4.78, 5) is 24.3. The molecule has 0 aromatic carbocycles. The van der Waals surface area contributed by atoms with Crippen LogP contribution in [0.2, 0.25) is 0 Å². The molecule has 28 heavy (non-hydrogen) atoms. The fourth-order valence-electron chi connectivity index (χ4n) is 2.61. The minimum absolute atomic E-state index is 0.0160. The standard InChI is InChI=1S/C21H39NO5S/c1-9-11-18(14-23)15-28(8,10-2)16(3)19(26-17(4)24)12-13-22-20(25)27-21(5,6)7/h15,19,23H,3,9-14H2,1-2,4-8H3,(H,22,25)/b18-15+. The van der Waals surface area contributed by atoms with Crippen LogP contribution >= 0.6 is 10.0 Å². The van der Waals surface area contributed by atoms with Gasteiger partial charge in [0.05, 0.1) is 6.61 Å². The van der Waals surface area contributed by atoms with Crippen molar-refractivity contribution in [2.24, 2.45) is 0 Å². The minimum atomic E-state index is -1.45. The van der Waals surface area contributed by atoms with Gasteiger partial charge in [0.1, 0.15) is 11.7 Å². The zero-order valence-electron chi connectivity index (χ0n) is 18.6. The van der Waals surface area contributed by atoms with Gasteiger partial charge >= 0.3 is 12.1 Å². The molecule has 0 bridgehead atoms. The van der Waals surface area contributed by atoms with Crippen LogP contribution in [-0.4, -0.2) is 54.0 Å². The summed E-state index contributed by atoms with van der Waals surface area (Å²) in [5, 5.41) is 14.5. The Morgan fingerprint density at radius 1 is 1.29 bits per heavy atom. The van der Waals surface area contributed by atoms with Gasteiger partial charge in [-0.25, -0.2) is 4.79 Å². The van der Waals surface area contributed by atoms with E-state index in [0.29, 0.717) is 13.0 Å². The molecule has 0 aromatic heterocycles.